The predicted octanol–water partition coefficient (Wildman–Crippen LogP) is 1.45. The molecule has 3 rings (SSSR count). The van der Waals surface area contributed by atoms with Crippen molar-refractivity contribution in [1.29, 1.82) is 0 Å². The molecule has 1 saturated heterocycles. The molecular weight excluding hydrogens is 234 g/mol. The van der Waals surface area contributed by atoms with E-state index in [2.05, 4.69) is 0 Å². The Morgan fingerprint density at radius 1 is 1.50 bits per heavy atom. The molecule has 2 aliphatic rings. The van der Waals surface area contributed by atoms with Gasteiger partial charge in [0, 0.05) is 6.20 Å². The second kappa shape index (κ2) is 3.98. The molecule has 18 heavy (non-hydrogen) atoms. The van der Waals surface area contributed by atoms with E-state index in [1.54, 1.807) is 0 Å². The Morgan fingerprint density at radius 2 is 2.28 bits per heavy atom. The van der Waals surface area contributed by atoms with Crippen molar-refractivity contribution in [2.24, 2.45) is 0 Å². The van der Waals surface area contributed by atoms with E-state index in [0.717, 1.165) is 11.4 Å². The van der Waals surface area contributed by atoms with E-state index in [1.165, 1.54) is 0 Å². The van der Waals surface area contributed by atoms with Gasteiger partial charge in [0.25, 0.3) is 0 Å². The molecule has 1 N–H and O–H groups in total. The Hall–Kier alpha value is -1.04. The molecule has 1 aromatic rings. The zero-order valence-corrected chi connectivity index (χ0v) is 10.9. The molecule has 0 aliphatic carbocycles. The van der Waals surface area contributed by atoms with Crippen LogP contribution in [0.1, 0.15) is 32.6 Å². The van der Waals surface area contributed by atoms with Gasteiger partial charge in [-0.25, -0.2) is 0 Å². The third kappa shape index (κ3) is 1.74. The van der Waals surface area contributed by atoms with E-state index < -0.39 is 11.9 Å². The number of hydrogen-bond acceptors (Lipinski definition) is 4. The number of hydrogen-bond donors (Lipinski definition) is 1. The smallest absolute Gasteiger partial charge is 0.164 e. The van der Waals surface area contributed by atoms with E-state index >= 15 is 0 Å². The van der Waals surface area contributed by atoms with E-state index in [-0.39, 0.29) is 12.2 Å². The molecule has 2 aliphatic heterocycles. The van der Waals surface area contributed by atoms with Crippen LogP contribution >= 0.6 is 0 Å². The summed E-state index contributed by atoms with van der Waals surface area (Å²) in [5, 5.41) is 10.1. The number of aliphatic hydroxyl groups excluding tert-OH is 1. The van der Waals surface area contributed by atoms with Gasteiger partial charge in [0.15, 0.2) is 5.79 Å². The highest BCUT2D eigenvalue weighted by Crippen LogP contribution is 2.45. The van der Waals surface area contributed by atoms with Gasteiger partial charge in [-0.3, -0.25) is 0 Å². The van der Waals surface area contributed by atoms with Crippen molar-refractivity contribution in [2.45, 2.75) is 51.4 Å². The summed E-state index contributed by atoms with van der Waals surface area (Å²) in [4.78, 5) is 0. The van der Waals surface area contributed by atoms with Gasteiger partial charge in [0.05, 0.1) is 18.8 Å². The maximum absolute atomic E-state index is 10.1. The SMILES string of the molecule is CCOc1ccn2c1[C@H]1OC(C)(C)O[C@@H]1[C@H](O)C2. The van der Waals surface area contributed by atoms with Crippen LogP contribution in [0.25, 0.3) is 0 Å². The topological polar surface area (TPSA) is 52.9 Å². The monoisotopic (exact) mass is 253 g/mol. The first-order valence-electron chi connectivity index (χ1n) is 6.37. The summed E-state index contributed by atoms with van der Waals surface area (Å²) in [6, 6.07) is 1.92. The van der Waals surface area contributed by atoms with E-state index in [0.29, 0.717) is 13.2 Å². The Balaban J connectivity index is 2.01. The van der Waals surface area contributed by atoms with Crippen molar-refractivity contribution in [2.75, 3.05) is 6.61 Å². The van der Waals surface area contributed by atoms with Crippen LogP contribution in [0, 0.1) is 0 Å². The standard InChI is InChI=1S/C13H19NO4/c1-4-16-9-5-6-14-7-8(15)11-12(10(9)14)18-13(2,3)17-11/h5-6,8,11-12,15H,4,7H2,1-3H3/t8-,11-,12-/m1/s1. The lowest BCUT2D eigenvalue weighted by Gasteiger charge is -2.30. The average molecular weight is 253 g/mol. The van der Waals surface area contributed by atoms with Crippen LogP contribution in [0.15, 0.2) is 12.3 Å². The van der Waals surface area contributed by atoms with E-state index in [1.807, 2.05) is 37.6 Å². The lowest BCUT2D eigenvalue weighted by atomic mass is 10.0. The summed E-state index contributed by atoms with van der Waals surface area (Å²) in [6.45, 7) is 6.82. The van der Waals surface area contributed by atoms with Crippen LogP contribution in [0.2, 0.25) is 0 Å². The van der Waals surface area contributed by atoms with Crippen molar-refractivity contribution < 1.29 is 19.3 Å². The van der Waals surface area contributed by atoms with Crippen LogP contribution in [0.4, 0.5) is 0 Å². The Morgan fingerprint density at radius 3 is 3.00 bits per heavy atom. The third-order valence-corrected chi connectivity index (χ3v) is 3.43. The Kier molecular flexibility index (Phi) is 2.66. The van der Waals surface area contributed by atoms with Gasteiger partial charge in [-0.05, 0) is 26.8 Å². The van der Waals surface area contributed by atoms with Gasteiger partial charge >= 0.3 is 0 Å². The fourth-order valence-corrected chi connectivity index (χ4v) is 2.79. The molecular formula is C13H19NO4. The summed E-state index contributed by atoms with van der Waals surface area (Å²) >= 11 is 0. The first kappa shape index (κ1) is 12.0. The van der Waals surface area contributed by atoms with Crippen LogP contribution < -0.4 is 4.74 Å². The normalized spacial score (nSPS) is 33.0. The molecule has 1 fully saturated rings. The molecule has 5 heteroatoms. The molecule has 5 nitrogen and oxygen atoms in total. The maximum Gasteiger partial charge on any atom is 0.164 e. The highest BCUT2D eigenvalue weighted by molar-refractivity contribution is 5.34. The predicted molar refractivity (Wildman–Crippen MR) is 64.4 cm³/mol. The Bertz CT molecular complexity index is 440. The van der Waals surface area contributed by atoms with Gasteiger partial charge in [0.1, 0.15) is 24.1 Å². The second-order valence-corrected chi connectivity index (χ2v) is 5.24. The fraction of sp³-hybridized carbons (Fsp3) is 0.692. The van der Waals surface area contributed by atoms with Crippen LogP contribution in [0.3, 0.4) is 0 Å². The van der Waals surface area contributed by atoms with Crippen molar-refractivity contribution in [1.82, 2.24) is 4.57 Å². The maximum atomic E-state index is 10.1. The molecule has 0 amide bonds. The van der Waals surface area contributed by atoms with Crippen LogP contribution in [-0.4, -0.2) is 34.3 Å². The first-order valence-corrected chi connectivity index (χ1v) is 6.37. The molecule has 0 bridgehead atoms. The van der Waals surface area contributed by atoms with Crippen molar-refractivity contribution >= 4 is 0 Å². The lowest BCUT2D eigenvalue weighted by molar-refractivity contribution is -0.154. The minimum Gasteiger partial charge on any atom is -0.492 e. The summed E-state index contributed by atoms with van der Waals surface area (Å²) in [7, 11) is 0. The number of ether oxygens (including phenoxy) is 3. The quantitative estimate of drug-likeness (QED) is 0.867. The van der Waals surface area contributed by atoms with E-state index in [9.17, 15) is 5.11 Å². The first-order chi connectivity index (χ1) is 8.52. The number of fused-ring (bicyclic) bond motifs is 3. The minimum atomic E-state index is -0.667. The van der Waals surface area contributed by atoms with Crippen LogP contribution in [0.5, 0.6) is 5.75 Å². The molecule has 0 radical (unpaired) electrons. The number of rotatable bonds is 2. The van der Waals surface area contributed by atoms with Gasteiger partial charge in [-0.1, -0.05) is 0 Å². The lowest BCUT2D eigenvalue weighted by Crippen LogP contribution is -2.40. The molecule has 0 unspecified atom stereocenters. The van der Waals surface area contributed by atoms with Gasteiger partial charge in [-0.15, -0.1) is 0 Å². The van der Waals surface area contributed by atoms with Gasteiger partial charge < -0.3 is 23.9 Å². The number of nitrogens with zero attached hydrogens (tertiary/aromatic N) is 1. The van der Waals surface area contributed by atoms with Crippen LogP contribution in [-0.2, 0) is 16.0 Å². The largest absolute Gasteiger partial charge is 0.492 e. The molecule has 0 aromatic carbocycles. The highest BCUT2D eigenvalue weighted by Gasteiger charge is 2.50. The molecule has 0 spiro atoms. The van der Waals surface area contributed by atoms with Gasteiger partial charge in [0.2, 0.25) is 0 Å². The molecule has 3 atom stereocenters. The summed E-state index contributed by atoms with van der Waals surface area (Å²) < 4.78 is 19.3. The number of aromatic nitrogens is 1. The van der Waals surface area contributed by atoms with Crippen molar-refractivity contribution in [3.8, 4) is 5.75 Å². The minimum absolute atomic E-state index is 0.264. The zero-order chi connectivity index (χ0) is 12.9. The molecule has 0 saturated carbocycles. The van der Waals surface area contributed by atoms with Crippen molar-refractivity contribution in [3.05, 3.63) is 18.0 Å². The van der Waals surface area contributed by atoms with Crippen molar-refractivity contribution in [3.63, 3.8) is 0 Å². The number of aliphatic hydroxyl groups is 1. The molecule has 3 heterocycles. The molecule has 1 aromatic heterocycles. The fourth-order valence-electron chi connectivity index (χ4n) is 2.79. The summed E-state index contributed by atoms with van der Waals surface area (Å²) in [6.07, 6.45) is 0.794. The second-order valence-electron chi connectivity index (χ2n) is 5.24. The third-order valence-electron chi connectivity index (χ3n) is 3.43. The van der Waals surface area contributed by atoms with Gasteiger partial charge in [-0.2, -0.15) is 0 Å². The highest BCUT2D eigenvalue weighted by atomic mass is 16.8. The van der Waals surface area contributed by atoms with E-state index in [4.69, 9.17) is 14.2 Å². The molecule has 100 valence electrons. The average Bonchev–Trinajstić information content (AvgIpc) is 2.80. The summed E-state index contributed by atoms with van der Waals surface area (Å²) in [5.74, 6) is 0.153. The zero-order valence-electron chi connectivity index (χ0n) is 10.9. The Labute approximate surface area is 106 Å². The summed E-state index contributed by atoms with van der Waals surface area (Å²) in [5.41, 5.74) is 0.970.